The lowest BCUT2D eigenvalue weighted by molar-refractivity contribution is -0.140. The van der Waals surface area contributed by atoms with Gasteiger partial charge >= 0.3 is 0 Å². The normalized spacial score (nSPS) is 32.5. The summed E-state index contributed by atoms with van der Waals surface area (Å²) in [6.45, 7) is 8.31. The van der Waals surface area contributed by atoms with Gasteiger partial charge in [0, 0.05) is 17.9 Å². The SMILES string of the molecule is C=CC[C@]12CC(C)(C)C(=O)C=C1CCC[C@@H]2OCOC. The summed E-state index contributed by atoms with van der Waals surface area (Å²) >= 11 is 0. The van der Waals surface area contributed by atoms with Gasteiger partial charge in [0.05, 0.1) is 6.10 Å². The van der Waals surface area contributed by atoms with Gasteiger partial charge in [-0.2, -0.15) is 0 Å². The van der Waals surface area contributed by atoms with E-state index in [-0.39, 0.29) is 22.7 Å². The van der Waals surface area contributed by atoms with E-state index in [9.17, 15) is 4.79 Å². The molecule has 0 bridgehead atoms. The van der Waals surface area contributed by atoms with E-state index < -0.39 is 0 Å². The van der Waals surface area contributed by atoms with Gasteiger partial charge < -0.3 is 9.47 Å². The second-order valence-corrected chi connectivity index (χ2v) is 6.70. The highest BCUT2D eigenvalue weighted by Crippen LogP contribution is 2.55. The number of ether oxygens (including phenoxy) is 2. The standard InChI is InChI=1S/C17H26O3/c1-5-9-17-11-16(2,3)14(18)10-13(17)7-6-8-15(17)20-12-19-4/h5,10,15H,1,6-9,11-12H2,2-4H3/t15-,17-/m0/s1. The van der Waals surface area contributed by atoms with Crippen LogP contribution < -0.4 is 0 Å². The van der Waals surface area contributed by atoms with Crippen molar-refractivity contribution in [2.45, 2.75) is 52.1 Å². The molecule has 2 aliphatic carbocycles. The van der Waals surface area contributed by atoms with E-state index >= 15 is 0 Å². The summed E-state index contributed by atoms with van der Waals surface area (Å²) in [4.78, 5) is 12.3. The third kappa shape index (κ3) is 2.61. The average molecular weight is 278 g/mol. The molecule has 2 aliphatic rings. The van der Waals surface area contributed by atoms with E-state index in [2.05, 4.69) is 6.58 Å². The number of hydrogen-bond donors (Lipinski definition) is 0. The Balaban J connectivity index is 2.39. The van der Waals surface area contributed by atoms with Gasteiger partial charge in [0.15, 0.2) is 5.78 Å². The van der Waals surface area contributed by atoms with Gasteiger partial charge in [-0.1, -0.05) is 25.5 Å². The van der Waals surface area contributed by atoms with Crippen LogP contribution in [-0.2, 0) is 14.3 Å². The lowest BCUT2D eigenvalue weighted by Gasteiger charge is -2.51. The Bertz CT molecular complexity index is 422. The number of allylic oxidation sites excluding steroid dienone is 2. The predicted octanol–water partition coefficient (Wildman–Crippen LogP) is 3.65. The summed E-state index contributed by atoms with van der Waals surface area (Å²) in [5.74, 6) is 0.250. The van der Waals surface area contributed by atoms with Gasteiger partial charge in [-0.3, -0.25) is 4.79 Å². The molecule has 20 heavy (non-hydrogen) atoms. The molecule has 0 N–H and O–H groups in total. The number of ketones is 1. The van der Waals surface area contributed by atoms with Crippen LogP contribution in [0.15, 0.2) is 24.3 Å². The zero-order chi connectivity index (χ0) is 14.8. The van der Waals surface area contributed by atoms with E-state index in [4.69, 9.17) is 9.47 Å². The molecule has 0 aromatic heterocycles. The number of methoxy groups -OCH3 is 1. The zero-order valence-electron chi connectivity index (χ0n) is 12.9. The second-order valence-electron chi connectivity index (χ2n) is 6.70. The lowest BCUT2D eigenvalue weighted by Crippen LogP contribution is -2.49. The Labute approximate surface area is 122 Å². The molecule has 0 radical (unpaired) electrons. The number of hydrogen-bond acceptors (Lipinski definition) is 3. The van der Waals surface area contributed by atoms with E-state index in [1.54, 1.807) is 7.11 Å². The first-order valence-corrected chi connectivity index (χ1v) is 7.43. The van der Waals surface area contributed by atoms with Crippen LogP contribution in [-0.4, -0.2) is 25.8 Å². The van der Waals surface area contributed by atoms with Gasteiger partial charge in [-0.05, 0) is 38.2 Å². The molecule has 1 fully saturated rings. The maximum absolute atomic E-state index is 12.3. The minimum atomic E-state index is -0.321. The minimum Gasteiger partial charge on any atom is -0.359 e. The molecule has 2 atom stereocenters. The molecular weight excluding hydrogens is 252 g/mol. The largest absolute Gasteiger partial charge is 0.359 e. The molecule has 0 aliphatic heterocycles. The summed E-state index contributed by atoms with van der Waals surface area (Å²) in [7, 11) is 1.65. The van der Waals surface area contributed by atoms with E-state index in [1.807, 2.05) is 26.0 Å². The first kappa shape index (κ1) is 15.5. The van der Waals surface area contributed by atoms with Gasteiger partial charge in [0.2, 0.25) is 0 Å². The predicted molar refractivity (Wildman–Crippen MR) is 79.3 cm³/mol. The highest BCUT2D eigenvalue weighted by molar-refractivity contribution is 5.96. The van der Waals surface area contributed by atoms with Gasteiger partial charge in [-0.15, -0.1) is 6.58 Å². The van der Waals surface area contributed by atoms with Crippen LogP contribution in [0, 0.1) is 10.8 Å². The summed E-state index contributed by atoms with van der Waals surface area (Å²) in [6.07, 6.45) is 8.78. The van der Waals surface area contributed by atoms with Crippen LogP contribution in [0.2, 0.25) is 0 Å². The van der Waals surface area contributed by atoms with Crippen molar-refractivity contribution in [3.8, 4) is 0 Å². The first-order chi connectivity index (χ1) is 9.46. The summed E-state index contributed by atoms with van der Waals surface area (Å²) in [5.41, 5.74) is 0.864. The quantitative estimate of drug-likeness (QED) is 0.569. The van der Waals surface area contributed by atoms with E-state index in [0.717, 1.165) is 32.1 Å². The van der Waals surface area contributed by atoms with E-state index in [1.165, 1.54) is 5.57 Å². The third-order valence-electron chi connectivity index (χ3n) is 4.79. The van der Waals surface area contributed by atoms with Gasteiger partial charge in [0.1, 0.15) is 6.79 Å². The Hall–Kier alpha value is -0.930. The summed E-state index contributed by atoms with van der Waals surface area (Å²) < 4.78 is 11.1. The highest BCUT2D eigenvalue weighted by Gasteiger charge is 2.51. The molecule has 0 saturated heterocycles. The highest BCUT2D eigenvalue weighted by atomic mass is 16.7. The van der Waals surface area contributed by atoms with Crippen LogP contribution in [0.5, 0.6) is 0 Å². The van der Waals surface area contributed by atoms with Crippen molar-refractivity contribution >= 4 is 5.78 Å². The second kappa shape index (κ2) is 5.82. The number of carbonyl (C=O) groups is 1. The fraction of sp³-hybridized carbons (Fsp3) is 0.706. The topological polar surface area (TPSA) is 35.5 Å². The molecule has 0 amide bonds. The molecule has 0 aromatic carbocycles. The first-order valence-electron chi connectivity index (χ1n) is 7.43. The molecule has 0 spiro atoms. The average Bonchev–Trinajstić information content (AvgIpc) is 2.38. The number of carbonyl (C=O) groups excluding carboxylic acids is 1. The summed E-state index contributed by atoms with van der Waals surface area (Å²) in [5, 5.41) is 0. The molecule has 112 valence electrons. The van der Waals surface area contributed by atoms with E-state index in [0.29, 0.717) is 6.79 Å². The molecule has 3 heteroatoms. The Morgan fingerprint density at radius 1 is 1.50 bits per heavy atom. The molecular formula is C17H26O3. The van der Waals surface area contributed by atoms with Crippen LogP contribution >= 0.6 is 0 Å². The van der Waals surface area contributed by atoms with Crippen LogP contribution in [0.4, 0.5) is 0 Å². The van der Waals surface area contributed by atoms with Gasteiger partial charge in [0.25, 0.3) is 0 Å². The molecule has 3 nitrogen and oxygen atoms in total. The lowest BCUT2D eigenvalue weighted by atomic mass is 9.55. The molecule has 0 aromatic rings. The zero-order valence-corrected chi connectivity index (χ0v) is 12.9. The third-order valence-corrected chi connectivity index (χ3v) is 4.79. The van der Waals surface area contributed by atoms with Crippen molar-refractivity contribution in [1.82, 2.24) is 0 Å². The molecule has 0 unspecified atom stereocenters. The van der Waals surface area contributed by atoms with Crippen molar-refractivity contribution in [2.75, 3.05) is 13.9 Å². The monoisotopic (exact) mass is 278 g/mol. The summed E-state index contributed by atoms with van der Waals surface area (Å²) in [6, 6.07) is 0. The van der Waals surface area contributed by atoms with Gasteiger partial charge in [-0.25, -0.2) is 0 Å². The maximum Gasteiger partial charge on any atom is 0.161 e. The number of fused-ring (bicyclic) bond motifs is 1. The van der Waals surface area contributed by atoms with Crippen molar-refractivity contribution in [3.05, 3.63) is 24.3 Å². The molecule has 0 heterocycles. The van der Waals surface area contributed by atoms with Crippen molar-refractivity contribution in [3.63, 3.8) is 0 Å². The Kier molecular flexibility index (Phi) is 4.50. The fourth-order valence-electron chi connectivity index (χ4n) is 3.87. The van der Waals surface area contributed by atoms with Crippen LogP contribution in [0.25, 0.3) is 0 Å². The molecule has 2 rings (SSSR count). The Morgan fingerprint density at radius 2 is 2.25 bits per heavy atom. The Morgan fingerprint density at radius 3 is 2.90 bits per heavy atom. The van der Waals surface area contributed by atoms with Crippen molar-refractivity contribution in [2.24, 2.45) is 10.8 Å². The van der Waals surface area contributed by atoms with Crippen LogP contribution in [0.3, 0.4) is 0 Å². The smallest absolute Gasteiger partial charge is 0.161 e. The van der Waals surface area contributed by atoms with Crippen molar-refractivity contribution in [1.29, 1.82) is 0 Å². The minimum absolute atomic E-state index is 0.0735. The molecule has 1 saturated carbocycles. The van der Waals surface area contributed by atoms with Crippen molar-refractivity contribution < 1.29 is 14.3 Å². The number of rotatable bonds is 5. The van der Waals surface area contributed by atoms with Crippen LogP contribution in [0.1, 0.15) is 46.0 Å². The maximum atomic E-state index is 12.3. The fourth-order valence-corrected chi connectivity index (χ4v) is 3.87.